The molecular formula is C17H17ClFN7. The van der Waals surface area contributed by atoms with E-state index in [1.807, 2.05) is 0 Å². The summed E-state index contributed by atoms with van der Waals surface area (Å²) in [6, 6.07) is 3.86. The summed E-state index contributed by atoms with van der Waals surface area (Å²) >= 11 is 6.26. The van der Waals surface area contributed by atoms with Crippen molar-refractivity contribution in [2.45, 2.75) is 24.9 Å². The minimum atomic E-state index is -0.403. The van der Waals surface area contributed by atoms with E-state index >= 15 is 0 Å². The molecule has 9 heteroatoms. The molecular weight excluding hydrogens is 357 g/mol. The number of fused-ring (bicyclic) bond motifs is 3. The van der Waals surface area contributed by atoms with Crippen LogP contribution in [0.5, 0.6) is 0 Å². The zero-order valence-electron chi connectivity index (χ0n) is 13.8. The summed E-state index contributed by atoms with van der Waals surface area (Å²) in [5, 5.41) is 14.3. The fraction of sp³-hybridized carbons (Fsp3) is 0.353. The van der Waals surface area contributed by atoms with Crippen LogP contribution < -0.4 is 15.5 Å². The Labute approximate surface area is 154 Å². The summed E-state index contributed by atoms with van der Waals surface area (Å²) in [4.78, 5) is 11.3. The lowest BCUT2D eigenvalue weighted by atomic mass is 10.2. The van der Waals surface area contributed by atoms with Crippen molar-refractivity contribution in [2.75, 3.05) is 23.3 Å². The number of anilines is 3. The lowest BCUT2D eigenvalue weighted by Gasteiger charge is -2.35. The second kappa shape index (κ2) is 6.07. The number of halogens is 2. The number of piperazine rings is 1. The molecule has 26 heavy (non-hydrogen) atoms. The van der Waals surface area contributed by atoms with Crippen molar-refractivity contribution in [3.8, 4) is 0 Å². The number of H-pyrrole nitrogens is 1. The van der Waals surface area contributed by atoms with Gasteiger partial charge in [-0.25, -0.2) is 9.37 Å². The molecule has 2 aromatic heterocycles. The van der Waals surface area contributed by atoms with Gasteiger partial charge in [-0.05, 0) is 18.9 Å². The quantitative estimate of drug-likeness (QED) is 0.655. The molecule has 2 aliphatic heterocycles. The SMILES string of the molecule is Fc1cc2[nH]ncc2cc1Nc1nc(N2C3CCC2CNC3)ncc1Cl. The standard InChI is InChI=1S/C17H17ClFN7/c18-12-8-21-17(26-10-1-2-11(26)7-20-6-10)24-16(12)23-15-3-9-5-22-25-14(9)4-13(15)19/h3-5,8,10-11,20H,1-2,6-7H2,(H,22,25)(H,21,23,24). The molecule has 0 saturated carbocycles. The van der Waals surface area contributed by atoms with Crippen LogP contribution in [0, 0.1) is 5.82 Å². The highest BCUT2D eigenvalue weighted by molar-refractivity contribution is 6.32. The van der Waals surface area contributed by atoms with E-state index in [9.17, 15) is 4.39 Å². The zero-order valence-corrected chi connectivity index (χ0v) is 14.6. The molecule has 3 aromatic rings. The number of benzene rings is 1. The van der Waals surface area contributed by atoms with Crippen LogP contribution in [0.2, 0.25) is 5.02 Å². The predicted octanol–water partition coefficient (Wildman–Crippen LogP) is 2.83. The molecule has 2 bridgehead atoms. The van der Waals surface area contributed by atoms with Gasteiger partial charge in [-0.15, -0.1) is 0 Å². The summed E-state index contributed by atoms with van der Waals surface area (Å²) < 4.78 is 14.4. The highest BCUT2D eigenvalue weighted by Gasteiger charge is 2.38. The van der Waals surface area contributed by atoms with Gasteiger partial charge in [-0.1, -0.05) is 11.6 Å². The van der Waals surface area contributed by atoms with Crippen molar-refractivity contribution in [1.82, 2.24) is 25.5 Å². The minimum Gasteiger partial charge on any atom is -0.336 e. The maximum atomic E-state index is 14.4. The average molecular weight is 374 g/mol. The van der Waals surface area contributed by atoms with E-state index in [0.29, 0.717) is 40.1 Å². The molecule has 3 N–H and O–H groups in total. The Morgan fingerprint density at radius 1 is 1.19 bits per heavy atom. The van der Waals surface area contributed by atoms with Crippen LogP contribution in [0.15, 0.2) is 24.5 Å². The first-order chi connectivity index (χ1) is 12.7. The van der Waals surface area contributed by atoms with Gasteiger partial charge in [-0.2, -0.15) is 10.1 Å². The Bertz CT molecular complexity index is 959. The number of aromatic amines is 1. The maximum absolute atomic E-state index is 14.4. The third-order valence-corrected chi connectivity index (χ3v) is 5.40. The fourth-order valence-electron chi connectivity index (χ4n) is 3.86. The van der Waals surface area contributed by atoms with E-state index < -0.39 is 5.82 Å². The number of nitrogens with one attached hydrogen (secondary N) is 3. The van der Waals surface area contributed by atoms with Crippen LogP contribution >= 0.6 is 11.6 Å². The summed E-state index contributed by atoms with van der Waals surface area (Å²) in [5.41, 5.74) is 0.939. The van der Waals surface area contributed by atoms with Gasteiger partial charge in [0.1, 0.15) is 10.8 Å². The second-order valence-electron chi connectivity index (χ2n) is 6.73. The van der Waals surface area contributed by atoms with Crippen molar-refractivity contribution in [1.29, 1.82) is 0 Å². The molecule has 2 fully saturated rings. The van der Waals surface area contributed by atoms with Gasteiger partial charge >= 0.3 is 0 Å². The Hall–Kier alpha value is -2.45. The van der Waals surface area contributed by atoms with Crippen molar-refractivity contribution >= 4 is 40.0 Å². The molecule has 0 amide bonds. The maximum Gasteiger partial charge on any atom is 0.227 e. The van der Waals surface area contributed by atoms with Crippen molar-refractivity contribution < 1.29 is 4.39 Å². The van der Waals surface area contributed by atoms with Crippen molar-refractivity contribution in [2.24, 2.45) is 0 Å². The molecule has 2 saturated heterocycles. The number of aromatic nitrogens is 4. The fourth-order valence-corrected chi connectivity index (χ4v) is 4.00. The molecule has 0 aliphatic carbocycles. The van der Waals surface area contributed by atoms with Gasteiger partial charge in [0.25, 0.3) is 0 Å². The molecule has 2 unspecified atom stereocenters. The molecule has 7 nitrogen and oxygen atoms in total. The highest BCUT2D eigenvalue weighted by atomic mass is 35.5. The number of rotatable bonds is 3. The topological polar surface area (TPSA) is 81.8 Å². The van der Waals surface area contributed by atoms with Crippen LogP contribution in [0.4, 0.5) is 21.8 Å². The van der Waals surface area contributed by atoms with E-state index in [1.54, 1.807) is 18.5 Å². The predicted molar refractivity (Wildman–Crippen MR) is 98.5 cm³/mol. The molecule has 0 spiro atoms. The zero-order chi connectivity index (χ0) is 17.7. The first-order valence-electron chi connectivity index (χ1n) is 8.60. The van der Waals surface area contributed by atoms with Crippen molar-refractivity contribution in [3.63, 3.8) is 0 Å². The molecule has 5 rings (SSSR count). The molecule has 1 aromatic carbocycles. The Kier molecular flexibility index (Phi) is 3.68. The van der Waals surface area contributed by atoms with Gasteiger partial charge in [-0.3, -0.25) is 5.10 Å². The van der Waals surface area contributed by atoms with Crippen LogP contribution in [0.1, 0.15) is 12.8 Å². The third-order valence-electron chi connectivity index (χ3n) is 5.12. The molecule has 4 heterocycles. The first kappa shape index (κ1) is 15.8. The van der Waals surface area contributed by atoms with E-state index in [-0.39, 0.29) is 0 Å². The first-order valence-corrected chi connectivity index (χ1v) is 8.98. The molecule has 2 aliphatic rings. The number of nitrogens with zero attached hydrogens (tertiary/aromatic N) is 4. The van der Waals surface area contributed by atoms with Gasteiger partial charge < -0.3 is 15.5 Å². The average Bonchev–Trinajstić information content (AvgIpc) is 3.18. The largest absolute Gasteiger partial charge is 0.336 e. The minimum absolute atomic E-state index is 0.300. The molecule has 0 radical (unpaired) electrons. The van der Waals surface area contributed by atoms with E-state index in [0.717, 1.165) is 31.3 Å². The summed E-state index contributed by atoms with van der Waals surface area (Å²) in [5.74, 6) is 0.632. The monoisotopic (exact) mass is 373 g/mol. The molecule has 134 valence electrons. The van der Waals surface area contributed by atoms with E-state index in [1.165, 1.54) is 6.07 Å². The van der Waals surface area contributed by atoms with Crippen LogP contribution in [-0.2, 0) is 0 Å². The van der Waals surface area contributed by atoms with Gasteiger partial charge in [0, 0.05) is 36.6 Å². The van der Waals surface area contributed by atoms with Gasteiger partial charge in [0.05, 0.1) is 23.6 Å². The van der Waals surface area contributed by atoms with E-state index in [2.05, 4.69) is 35.7 Å². The summed E-state index contributed by atoms with van der Waals surface area (Å²) in [6.45, 7) is 1.86. The Morgan fingerprint density at radius 2 is 2.00 bits per heavy atom. The highest BCUT2D eigenvalue weighted by Crippen LogP contribution is 2.33. The molecule has 2 atom stereocenters. The third kappa shape index (κ3) is 2.57. The number of hydrogen-bond donors (Lipinski definition) is 3. The lowest BCUT2D eigenvalue weighted by molar-refractivity contribution is 0.477. The second-order valence-corrected chi connectivity index (χ2v) is 7.14. The summed E-state index contributed by atoms with van der Waals surface area (Å²) in [7, 11) is 0. The van der Waals surface area contributed by atoms with Gasteiger partial charge in [0.2, 0.25) is 5.95 Å². The van der Waals surface area contributed by atoms with Crippen molar-refractivity contribution in [3.05, 3.63) is 35.4 Å². The lowest BCUT2D eigenvalue weighted by Crippen LogP contribution is -2.52. The normalized spacial score (nSPS) is 22.2. The summed E-state index contributed by atoms with van der Waals surface area (Å²) in [6.07, 6.45) is 5.46. The van der Waals surface area contributed by atoms with Crippen LogP contribution in [-0.4, -0.2) is 45.3 Å². The Balaban J connectivity index is 1.49. The Morgan fingerprint density at radius 3 is 2.81 bits per heavy atom. The van der Waals surface area contributed by atoms with Crippen LogP contribution in [0.3, 0.4) is 0 Å². The van der Waals surface area contributed by atoms with Crippen LogP contribution in [0.25, 0.3) is 10.9 Å². The van der Waals surface area contributed by atoms with E-state index in [4.69, 9.17) is 11.6 Å². The number of hydrogen-bond acceptors (Lipinski definition) is 6. The van der Waals surface area contributed by atoms with Gasteiger partial charge in [0.15, 0.2) is 5.82 Å². The smallest absolute Gasteiger partial charge is 0.227 e.